The standard InChI is InChI=1S/C23H50BrP/c1-5-9-13-14-15-19-23-25(24,20-16-10-6-2,21-17-11-7-3)22-18-12-8-4/h5-23H2,1-4H3. The van der Waals surface area contributed by atoms with Gasteiger partial charge in [0, 0.05) is 0 Å². The first-order chi connectivity index (χ1) is 12.0. The maximum atomic E-state index is 4.60. The van der Waals surface area contributed by atoms with E-state index in [0.29, 0.717) is 0 Å². The van der Waals surface area contributed by atoms with E-state index in [1.807, 2.05) is 0 Å². The van der Waals surface area contributed by atoms with Crippen LogP contribution in [0.5, 0.6) is 0 Å². The molecule has 0 saturated heterocycles. The van der Waals surface area contributed by atoms with Gasteiger partial charge in [-0.2, -0.15) is 0 Å². The Morgan fingerprint density at radius 3 is 1.00 bits per heavy atom. The van der Waals surface area contributed by atoms with Crippen molar-refractivity contribution in [2.75, 3.05) is 24.6 Å². The zero-order valence-electron chi connectivity index (χ0n) is 18.3. The summed E-state index contributed by atoms with van der Waals surface area (Å²) in [4.78, 5) is 0. The molecule has 0 radical (unpaired) electrons. The minimum atomic E-state index is -1.65. The average Bonchev–Trinajstić information content (AvgIpc) is 2.59. The Kier molecular flexibility index (Phi) is 16.5. The number of rotatable bonds is 19. The maximum absolute atomic E-state index is 4.60. The van der Waals surface area contributed by atoms with Crippen LogP contribution in [0.15, 0.2) is 0 Å². The molecule has 0 N–H and O–H groups in total. The monoisotopic (exact) mass is 436 g/mol. The normalized spacial score (nSPS) is 13.7. The molecule has 2 heteroatoms. The van der Waals surface area contributed by atoms with Gasteiger partial charge >= 0.3 is 169 Å². The quantitative estimate of drug-likeness (QED) is 0.139. The summed E-state index contributed by atoms with van der Waals surface area (Å²) in [5, 5.41) is -1.65. The predicted octanol–water partition coefficient (Wildman–Crippen LogP) is 9.78. The van der Waals surface area contributed by atoms with Crippen molar-refractivity contribution < 1.29 is 0 Å². The number of hydrogen-bond acceptors (Lipinski definition) is 0. The van der Waals surface area contributed by atoms with Crippen molar-refractivity contribution in [1.82, 2.24) is 0 Å². The van der Waals surface area contributed by atoms with E-state index < -0.39 is 5.31 Å². The molecule has 0 aliphatic rings. The fraction of sp³-hybridized carbons (Fsp3) is 1.00. The average molecular weight is 438 g/mol. The number of halogens is 1. The molecule has 0 aliphatic heterocycles. The van der Waals surface area contributed by atoms with Gasteiger partial charge in [-0.1, -0.05) is 0 Å². The molecule has 25 heavy (non-hydrogen) atoms. The van der Waals surface area contributed by atoms with Crippen molar-refractivity contribution in [3.8, 4) is 0 Å². The topological polar surface area (TPSA) is 0 Å². The van der Waals surface area contributed by atoms with Crippen molar-refractivity contribution in [2.45, 2.75) is 124 Å². The van der Waals surface area contributed by atoms with Crippen LogP contribution in [0.2, 0.25) is 0 Å². The summed E-state index contributed by atoms with van der Waals surface area (Å²) in [7, 11) is 0. The van der Waals surface area contributed by atoms with Gasteiger partial charge < -0.3 is 0 Å². The second kappa shape index (κ2) is 15.9. The van der Waals surface area contributed by atoms with Gasteiger partial charge in [-0.05, 0) is 0 Å². The van der Waals surface area contributed by atoms with E-state index >= 15 is 0 Å². The Bertz CT molecular complexity index is 261. The molecule has 0 heterocycles. The Morgan fingerprint density at radius 1 is 0.400 bits per heavy atom. The fourth-order valence-corrected chi connectivity index (χ4v) is 12.6. The molecule has 0 rings (SSSR count). The molecule has 0 fully saturated rings. The summed E-state index contributed by atoms with van der Waals surface area (Å²) in [6, 6.07) is 0. The van der Waals surface area contributed by atoms with Crippen LogP contribution < -0.4 is 0 Å². The van der Waals surface area contributed by atoms with Crippen LogP contribution in [0.25, 0.3) is 0 Å². The van der Waals surface area contributed by atoms with Crippen LogP contribution in [0.3, 0.4) is 0 Å². The number of hydrogen-bond donors (Lipinski definition) is 0. The summed E-state index contributed by atoms with van der Waals surface area (Å²) in [6.07, 6.45) is 27.6. The van der Waals surface area contributed by atoms with Crippen molar-refractivity contribution in [3.63, 3.8) is 0 Å². The third-order valence-electron chi connectivity index (χ3n) is 6.03. The van der Waals surface area contributed by atoms with Crippen LogP contribution in [0.1, 0.15) is 124 Å². The molecule has 0 bridgehead atoms. The summed E-state index contributed by atoms with van der Waals surface area (Å²) in [5.41, 5.74) is 0. The molecule has 0 aliphatic carbocycles. The predicted molar refractivity (Wildman–Crippen MR) is 127 cm³/mol. The van der Waals surface area contributed by atoms with Crippen molar-refractivity contribution in [3.05, 3.63) is 0 Å². The minimum absolute atomic E-state index is 1.36. The SMILES string of the molecule is CCCCCCCCP(Br)(CCCCC)(CCCCC)CCCCC. The summed E-state index contributed by atoms with van der Waals surface area (Å²) in [6.45, 7) is 9.38. The summed E-state index contributed by atoms with van der Waals surface area (Å²) in [5.74, 6) is 0. The van der Waals surface area contributed by atoms with E-state index in [1.54, 1.807) is 0 Å². The summed E-state index contributed by atoms with van der Waals surface area (Å²) >= 11 is 4.60. The van der Waals surface area contributed by atoms with E-state index in [9.17, 15) is 0 Å². The van der Waals surface area contributed by atoms with Gasteiger partial charge in [0.05, 0.1) is 0 Å². The first kappa shape index (κ1) is 25.9. The van der Waals surface area contributed by atoms with E-state index in [-0.39, 0.29) is 0 Å². The van der Waals surface area contributed by atoms with Crippen molar-refractivity contribution in [1.29, 1.82) is 0 Å². The van der Waals surface area contributed by atoms with Gasteiger partial charge in [0.15, 0.2) is 0 Å². The molecular weight excluding hydrogens is 387 g/mol. The summed E-state index contributed by atoms with van der Waals surface area (Å²) < 4.78 is 0. The molecule has 0 aromatic heterocycles. The van der Waals surface area contributed by atoms with E-state index in [1.165, 1.54) is 121 Å². The van der Waals surface area contributed by atoms with Gasteiger partial charge in [-0.3, -0.25) is 0 Å². The van der Waals surface area contributed by atoms with Gasteiger partial charge in [-0.25, -0.2) is 0 Å². The van der Waals surface area contributed by atoms with Gasteiger partial charge in [0.1, 0.15) is 0 Å². The molecule has 0 aromatic rings. The third kappa shape index (κ3) is 12.8. The molecule has 0 nitrogen and oxygen atoms in total. The van der Waals surface area contributed by atoms with Gasteiger partial charge in [0.25, 0.3) is 0 Å². The van der Waals surface area contributed by atoms with Crippen molar-refractivity contribution in [2.24, 2.45) is 0 Å². The van der Waals surface area contributed by atoms with E-state index in [2.05, 4.69) is 43.2 Å². The second-order valence-corrected chi connectivity index (χ2v) is 20.0. The molecule has 0 amide bonds. The van der Waals surface area contributed by atoms with Crippen LogP contribution in [-0.2, 0) is 0 Å². The Morgan fingerprint density at radius 2 is 0.640 bits per heavy atom. The Hall–Kier alpha value is 0.910. The first-order valence-electron chi connectivity index (χ1n) is 11.8. The molecule has 0 spiro atoms. The fourth-order valence-electron chi connectivity index (χ4n) is 4.23. The zero-order chi connectivity index (χ0) is 18.9. The van der Waals surface area contributed by atoms with Crippen LogP contribution in [-0.4, -0.2) is 24.6 Å². The first-order valence-corrected chi connectivity index (χ1v) is 16.8. The van der Waals surface area contributed by atoms with Crippen LogP contribution in [0.4, 0.5) is 0 Å². The van der Waals surface area contributed by atoms with Gasteiger partial charge in [-0.15, -0.1) is 0 Å². The molecule has 0 unspecified atom stereocenters. The molecule has 154 valence electrons. The molecule has 0 aromatic carbocycles. The van der Waals surface area contributed by atoms with Crippen LogP contribution >= 0.6 is 20.8 Å². The second-order valence-electron chi connectivity index (χ2n) is 8.60. The van der Waals surface area contributed by atoms with Gasteiger partial charge in [0.2, 0.25) is 0 Å². The van der Waals surface area contributed by atoms with Crippen LogP contribution in [0, 0.1) is 0 Å². The van der Waals surface area contributed by atoms with E-state index in [0.717, 1.165) is 0 Å². The molecule has 0 saturated carbocycles. The zero-order valence-corrected chi connectivity index (χ0v) is 20.7. The number of unbranched alkanes of at least 4 members (excludes halogenated alkanes) is 11. The third-order valence-corrected chi connectivity index (χ3v) is 16.0. The van der Waals surface area contributed by atoms with Crippen molar-refractivity contribution >= 4 is 20.8 Å². The Balaban J connectivity index is 4.80. The Labute approximate surface area is 169 Å². The van der Waals surface area contributed by atoms with E-state index in [4.69, 9.17) is 0 Å². The molecule has 0 atom stereocenters. The molecular formula is C23H50BrP.